The van der Waals surface area contributed by atoms with Gasteiger partial charge >= 0.3 is 12.0 Å². The minimum absolute atomic E-state index is 0.0278. The fourth-order valence-electron chi connectivity index (χ4n) is 4.54. The maximum atomic E-state index is 12.6. The number of hydroxylamine groups is 2. The number of hydrazine groups is 1. The Morgan fingerprint density at radius 2 is 1.85 bits per heavy atom. The number of urea groups is 1. The van der Waals surface area contributed by atoms with Crippen molar-refractivity contribution in [2.75, 3.05) is 13.2 Å². The Kier molecular flexibility index (Phi) is 8.20. The van der Waals surface area contributed by atoms with Crippen LogP contribution in [0.25, 0.3) is 0 Å². The lowest BCUT2D eigenvalue weighted by Crippen LogP contribution is -2.54. The van der Waals surface area contributed by atoms with Gasteiger partial charge in [0.25, 0.3) is 5.91 Å². The molecule has 2 atom stereocenters. The number of carbonyl (C=O) groups excluding carboxylic acids is 4. The second-order valence-corrected chi connectivity index (χ2v) is 10.3. The van der Waals surface area contributed by atoms with Crippen LogP contribution in [0.4, 0.5) is 4.79 Å². The van der Waals surface area contributed by atoms with Gasteiger partial charge < -0.3 is 9.64 Å². The Hall–Kier alpha value is -2.36. The highest BCUT2D eigenvalue weighted by Gasteiger charge is 2.48. The second-order valence-electron chi connectivity index (χ2n) is 10.3. The summed E-state index contributed by atoms with van der Waals surface area (Å²) in [6.45, 7) is 8.54. The first kappa shape index (κ1) is 25.3. The van der Waals surface area contributed by atoms with Gasteiger partial charge in [0.05, 0.1) is 18.6 Å². The van der Waals surface area contributed by atoms with Crippen LogP contribution in [0, 0.1) is 11.8 Å². The van der Waals surface area contributed by atoms with E-state index in [1.165, 1.54) is 9.96 Å². The molecule has 2 saturated heterocycles. The van der Waals surface area contributed by atoms with Crippen molar-refractivity contribution in [3.05, 3.63) is 0 Å². The summed E-state index contributed by atoms with van der Waals surface area (Å²) in [5.74, 6) is -0.624. The van der Waals surface area contributed by atoms with Crippen molar-refractivity contribution in [2.45, 2.75) is 96.7 Å². The molecular weight excluding hydrogens is 428 g/mol. The number of hydrogen-bond acceptors (Lipinski definition) is 6. The fraction of sp³-hybridized carbons (Fsp3) is 0.826. The largest absolute Gasteiger partial charge is 0.460 e. The number of fused-ring (bicyclic) bond motifs is 2. The van der Waals surface area contributed by atoms with Gasteiger partial charge in [-0.1, -0.05) is 13.3 Å². The molecule has 0 aromatic heterocycles. The summed E-state index contributed by atoms with van der Waals surface area (Å²) in [6.07, 6.45) is 5.43. The van der Waals surface area contributed by atoms with Crippen molar-refractivity contribution >= 4 is 23.8 Å². The molecule has 1 aliphatic carbocycles. The molecular formula is C23H38N4O6. The molecule has 2 heterocycles. The van der Waals surface area contributed by atoms with Crippen molar-refractivity contribution in [3.63, 3.8) is 0 Å². The molecule has 3 rings (SSSR count). The average Bonchev–Trinajstić information content (AvgIpc) is 2.94. The van der Waals surface area contributed by atoms with Crippen molar-refractivity contribution in [1.82, 2.24) is 20.8 Å². The molecule has 4 amide bonds. The van der Waals surface area contributed by atoms with E-state index >= 15 is 0 Å². The summed E-state index contributed by atoms with van der Waals surface area (Å²) >= 11 is 0. The van der Waals surface area contributed by atoms with E-state index in [2.05, 4.69) is 17.8 Å². The standard InChI is InChI=1S/C23H38N4O6/c1-5-6-11-32-27-17-8-9-18(26(14-17)22(27)31)20(29)25-24-19(28)10-7-15-12-16(13-15)21(30)33-23(2,3)4/h15-18H,5-14H2,1-4H3,(H,24,28)(H,25,29)/t15?,16?,17-,18-/m0/s1. The number of piperidine rings is 1. The van der Waals surface area contributed by atoms with Crippen LogP contribution in [0.5, 0.6) is 0 Å². The molecule has 3 aliphatic rings. The van der Waals surface area contributed by atoms with Crippen molar-refractivity contribution in [1.29, 1.82) is 0 Å². The summed E-state index contributed by atoms with van der Waals surface area (Å²) in [5, 5.41) is 1.41. The third kappa shape index (κ3) is 6.59. The van der Waals surface area contributed by atoms with Gasteiger partial charge in [-0.3, -0.25) is 30.1 Å². The summed E-state index contributed by atoms with van der Waals surface area (Å²) < 4.78 is 5.39. The average molecular weight is 467 g/mol. The predicted molar refractivity (Wildman–Crippen MR) is 119 cm³/mol. The molecule has 0 spiro atoms. The second kappa shape index (κ2) is 10.7. The smallest absolute Gasteiger partial charge is 0.345 e. The number of ether oxygens (including phenoxy) is 1. The van der Waals surface area contributed by atoms with Crippen LogP contribution in [-0.4, -0.2) is 64.6 Å². The van der Waals surface area contributed by atoms with Crippen LogP contribution in [0.3, 0.4) is 0 Å². The molecule has 0 aromatic carbocycles. The first-order valence-corrected chi connectivity index (χ1v) is 12.1. The molecule has 0 unspecified atom stereocenters. The maximum Gasteiger partial charge on any atom is 0.345 e. The fourth-order valence-corrected chi connectivity index (χ4v) is 4.54. The van der Waals surface area contributed by atoms with Crippen LogP contribution >= 0.6 is 0 Å². The van der Waals surface area contributed by atoms with E-state index in [1.54, 1.807) is 0 Å². The number of carbonyl (C=O) groups is 4. The molecule has 186 valence electrons. The predicted octanol–water partition coefficient (Wildman–Crippen LogP) is 2.28. The molecule has 1 saturated carbocycles. The van der Waals surface area contributed by atoms with Crippen molar-refractivity contribution in [3.8, 4) is 0 Å². The van der Waals surface area contributed by atoms with E-state index < -0.39 is 11.6 Å². The zero-order valence-corrected chi connectivity index (χ0v) is 20.2. The summed E-state index contributed by atoms with van der Waals surface area (Å²) in [7, 11) is 0. The highest BCUT2D eigenvalue weighted by molar-refractivity contribution is 5.90. The SMILES string of the molecule is CCCCON1C(=O)N2C[C@@H]1CC[C@H]2C(=O)NNC(=O)CCC1CC(C(=O)OC(C)(C)C)C1. The lowest BCUT2D eigenvalue weighted by atomic mass is 9.72. The number of nitrogens with zero attached hydrogens (tertiary/aromatic N) is 2. The zero-order chi connectivity index (χ0) is 24.2. The molecule has 0 radical (unpaired) electrons. The normalized spacial score (nSPS) is 26.6. The van der Waals surface area contributed by atoms with Crippen LogP contribution < -0.4 is 10.9 Å². The third-order valence-electron chi connectivity index (χ3n) is 6.43. The zero-order valence-electron chi connectivity index (χ0n) is 20.2. The quantitative estimate of drug-likeness (QED) is 0.306. The van der Waals surface area contributed by atoms with Crippen LogP contribution in [0.15, 0.2) is 0 Å². The number of amides is 4. The molecule has 2 aliphatic heterocycles. The minimum Gasteiger partial charge on any atom is -0.460 e. The van der Waals surface area contributed by atoms with E-state index in [0.29, 0.717) is 38.3 Å². The molecule has 0 aromatic rings. The topological polar surface area (TPSA) is 117 Å². The number of nitrogens with one attached hydrogen (secondary N) is 2. The highest BCUT2D eigenvalue weighted by atomic mass is 16.7. The first-order chi connectivity index (χ1) is 15.6. The maximum absolute atomic E-state index is 12.6. The summed E-state index contributed by atoms with van der Waals surface area (Å²) in [4.78, 5) is 56.6. The van der Waals surface area contributed by atoms with Crippen LogP contribution in [0.2, 0.25) is 0 Å². The Labute approximate surface area is 195 Å². The highest BCUT2D eigenvalue weighted by Crippen LogP contribution is 2.38. The monoisotopic (exact) mass is 466 g/mol. The van der Waals surface area contributed by atoms with Crippen LogP contribution in [0.1, 0.15) is 79.1 Å². The molecule has 2 bridgehead atoms. The molecule has 2 N–H and O–H groups in total. The summed E-state index contributed by atoms with van der Waals surface area (Å²) in [5.41, 5.74) is 4.44. The Bertz CT molecular complexity index is 746. The Balaban J connectivity index is 1.34. The lowest BCUT2D eigenvalue weighted by Gasteiger charge is -2.35. The number of esters is 1. The number of hydrogen-bond donors (Lipinski definition) is 2. The Morgan fingerprint density at radius 3 is 2.52 bits per heavy atom. The number of unbranched alkanes of at least 4 members (excludes halogenated alkanes) is 1. The summed E-state index contributed by atoms with van der Waals surface area (Å²) in [6, 6.07) is -0.931. The number of rotatable bonds is 9. The van der Waals surface area contributed by atoms with Crippen molar-refractivity contribution < 1.29 is 28.8 Å². The van der Waals surface area contributed by atoms with E-state index in [4.69, 9.17) is 9.57 Å². The van der Waals surface area contributed by atoms with Gasteiger partial charge in [-0.25, -0.2) is 4.79 Å². The van der Waals surface area contributed by atoms with Gasteiger partial charge in [-0.05, 0) is 65.2 Å². The van der Waals surface area contributed by atoms with E-state index in [1.807, 2.05) is 20.8 Å². The van der Waals surface area contributed by atoms with Gasteiger partial charge in [-0.2, -0.15) is 5.06 Å². The molecule has 10 nitrogen and oxygen atoms in total. The minimum atomic E-state index is -0.616. The van der Waals surface area contributed by atoms with E-state index in [-0.39, 0.29) is 42.2 Å². The first-order valence-electron chi connectivity index (χ1n) is 12.1. The molecule has 10 heteroatoms. The van der Waals surface area contributed by atoms with Gasteiger partial charge in [0, 0.05) is 13.0 Å². The van der Waals surface area contributed by atoms with Crippen LogP contribution in [-0.2, 0) is 24.0 Å². The van der Waals surface area contributed by atoms with E-state index in [9.17, 15) is 19.2 Å². The van der Waals surface area contributed by atoms with Gasteiger partial charge in [0.15, 0.2) is 0 Å². The third-order valence-corrected chi connectivity index (χ3v) is 6.43. The van der Waals surface area contributed by atoms with Gasteiger partial charge in [0.1, 0.15) is 11.6 Å². The lowest BCUT2D eigenvalue weighted by molar-refractivity contribution is -0.165. The van der Waals surface area contributed by atoms with Crippen molar-refractivity contribution in [2.24, 2.45) is 11.8 Å². The Morgan fingerprint density at radius 1 is 1.12 bits per heavy atom. The van der Waals surface area contributed by atoms with Gasteiger partial charge in [-0.15, -0.1) is 0 Å². The molecule has 33 heavy (non-hydrogen) atoms. The van der Waals surface area contributed by atoms with E-state index in [0.717, 1.165) is 25.7 Å². The molecule has 3 fully saturated rings. The van der Waals surface area contributed by atoms with Gasteiger partial charge in [0.2, 0.25) is 5.91 Å².